The first-order valence-electron chi connectivity index (χ1n) is 4.42. The molecule has 0 heterocycles. The lowest BCUT2D eigenvalue weighted by molar-refractivity contribution is -0.113. The molecule has 0 aliphatic heterocycles. The van der Waals surface area contributed by atoms with Gasteiger partial charge < -0.3 is 9.47 Å². The first kappa shape index (κ1) is 13.1. The van der Waals surface area contributed by atoms with E-state index in [2.05, 4.69) is 29.4 Å². The SMILES string of the molecule is C=C(CBr)C[C@@H](C)CC(OC)OC. The van der Waals surface area contributed by atoms with E-state index < -0.39 is 0 Å². The topological polar surface area (TPSA) is 18.5 Å². The minimum absolute atomic E-state index is 0.0851. The van der Waals surface area contributed by atoms with Crippen molar-refractivity contribution in [2.45, 2.75) is 26.1 Å². The monoisotopic (exact) mass is 250 g/mol. The molecule has 2 nitrogen and oxygen atoms in total. The predicted octanol–water partition coefficient (Wildman–Crippen LogP) is 2.97. The molecule has 0 bridgehead atoms. The summed E-state index contributed by atoms with van der Waals surface area (Å²) in [7, 11) is 3.33. The third-order valence-corrected chi connectivity index (χ3v) is 2.74. The van der Waals surface area contributed by atoms with E-state index >= 15 is 0 Å². The van der Waals surface area contributed by atoms with Gasteiger partial charge in [-0.05, 0) is 12.3 Å². The lowest BCUT2D eigenvalue weighted by Crippen LogP contribution is -2.17. The van der Waals surface area contributed by atoms with Crippen LogP contribution < -0.4 is 0 Å². The summed E-state index contributed by atoms with van der Waals surface area (Å²) in [5.74, 6) is 0.551. The Balaban J connectivity index is 3.71. The molecule has 0 N–H and O–H groups in total. The van der Waals surface area contributed by atoms with E-state index in [0.717, 1.165) is 18.2 Å². The molecule has 0 aliphatic rings. The highest BCUT2D eigenvalue weighted by molar-refractivity contribution is 9.09. The van der Waals surface area contributed by atoms with Crippen LogP contribution in [0.5, 0.6) is 0 Å². The van der Waals surface area contributed by atoms with Crippen LogP contribution in [-0.2, 0) is 9.47 Å². The highest BCUT2D eigenvalue weighted by atomic mass is 79.9. The predicted molar refractivity (Wildman–Crippen MR) is 59.1 cm³/mol. The number of rotatable bonds is 7. The van der Waals surface area contributed by atoms with Crippen molar-refractivity contribution in [2.24, 2.45) is 5.92 Å². The van der Waals surface area contributed by atoms with Gasteiger partial charge in [0.05, 0.1) is 0 Å². The van der Waals surface area contributed by atoms with Crippen LogP contribution in [0.1, 0.15) is 19.8 Å². The van der Waals surface area contributed by atoms with Gasteiger partial charge in [-0.3, -0.25) is 0 Å². The van der Waals surface area contributed by atoms with Gasteiger partial charge in [0, 0.05) is 26.0 Å². The van der Waals surface area contributed by atoms with E-state index in [1.807, 2.05) is 0 Å². The van der Waals surface area contributed by atoms with Gasteiger partial charge in [0.25, 0.3) is 0 Å². The fourth-order valence-electron chi connectivity index (χ4n) is 1.25. The Labute approximate surface area is 89.4 Å². The second kappa shape index (κ2) is 7.54. The van der Waals surface area contributed by atoms with E-state index in [9.17, 15) is 0 Å². The molecule has 0 aromatic carbocycles. The number of ether oxygens (including phenoxy) is 2. The van der Waals surface area contributed by atoms with Gasteiger partial charge in [0.15, 0.2) is 6.29 Å². The van der Waals surface area contributed by atoms with Crippen LogP contribution in [0.4, 0.5) is 0 Å². The molecule has 0 fully saturated rings. The third-order valence-electron chi connectivity index (χ3n) is 1.95. The smallest absolute Gasteiger partial charge is 0.157 e. The molecule has 0 aromatic heterocycles. The van der Waals surface area contributed by atoms with E-state index in [1.54, 1.807) is 14.2 Å². The Morgan fingerprint density at radius 2 is 1.92 bits per heavy atom. The van der Waals surface area contributed by atoms with E-state index in [-0.39, 0.29) is 6.29 Å². The van der Waals surface area contributed by atoms with Crippen LogP contribution in [0.3, 0.4) is 0 Å². The standard InChI is InChI=1S/C10H19BrO2/c1-8(5-9(2)7-11)6-10(12-3)13-4/h8,10H,2,5-7H2,1,3-4H3/t8-/m1/s1. The largest absolute Gasteiger partial charge is 0.356 e. The lowest BCUT2D eigenvalue weighted by atomic mass is 10.00. The van der Waals surface area contributed by atoms with E-state index in [4.69, 9.17) is 9.47 Å². The molecule has 0 aliphatic carbocycles. The maximum Gasteiger partial charge on any atom is 0.157 e. The van der Waals surface area contributed by atoms with Crippen molar-refractivity contribution in [1.82, 2.24) is 0 Å². The van der Waals surface area contributed by atoms with Gasteiger partial charge in [-0.2, -0.15) is 0 Å². The first-order chi connectivity index (χ1) is 6.13. The number of methoxy groups -OCH3 is 2. The summed E-state index contributed by atoms with van der Waals surface area (Å²) in [5, 5.41) is 0.877. The normalized spacial score (nSPS) is 13.3. The zero-order valence-electron chi connectivity index (χ0n) is 8.68. The molecule has 0 saturated carbocycles. The molecule has 0 aromatic rings. The van der Waals surface area contributed by atoms with Crippen molar-refractivity contribution in [3.63, 3.8) is 0 Å². The Morgan fingerprint density at radius 3 is 2.31 bits per heavy atom. The Morgan fingerprint density at radius 1 is 1.38 bits per heavy atom. The molecule has 0 unspecified atom stereocenters. The summed E-state index contributed by atoms with van der Waals surface area (Å²) in [6.07, 6.45) is 1.85. The number of hydrogen-bond acceptors (Lipinski definition) is 2. The number of alkyl halides is 1. The zero-order chi connectivity index (χ0) is 10.3. The summed E-state index contributed by atoms with van der Waals surface area (Å²) in [5.41, 5.74) is 1.22. The van der Waals surface area contributed by atoms with Crippen molar-refractivity contribution in [3.05, 3.63) is 12.2 Å². The minimum atomic E-state index is -0.0851. The Hall–Kier alpha value is 0.140. The average Bonchev–Trinajstić information content (AvgIpc) is 2.13. The summed E-state index contributed by atoms with van der Waals surface area (Å²) in [4.78, 5) is 0. The Bertz CT molecular complexity index is 144. The van der Waals surface area contributed by atoms with Crippen LogP contribution in [0.2, 0.25) is 0 Å². The summed E-state index contributed by atoms with van der Waals surface area (Å²) in [6.45, 7) is 6.12. The molecule has 3 heteroatoms. The molecular weight excluding hydrogens is 232 g/mol. The maximum atomic E-state index is 5.12. The van der Waals surface area contributed by atoms with E-state index in [1.165, 1.54) is 5.57 Å². The molecule has 13 heavy (non-hydrogen) atoms. The van der Waals surface area contributed by atoms with Gasteiger partial charge in [-0.15, -0.1) is 0 Å². The number of halogens is 1. The van der Waals surface area contributed by atoms with Gasteiger partial charge in [0.1, 0.15) is 0 Å². The third kappa shape index (κ3) is 6.24. The quantitative estimate of drug-likeness (QED) is 0.393. The van der Waals surface area contributed by atoms with Crippen LogP contribution in [0.15, 0.2) is 12.2 Å². The number of hydrogen-bond donors (Lipinski definition) is 0. The van der Waals surface area contributed by atoms with Crippen LogP contribution >= 0.6 is 15.9 Å². The molecular formula is C10H19BrO2. The van der Waals surface area contributed by atoms with Crippen molar-refractivity contribution in [1.29, 1.82) is 0 Å². The fraction of sp³-hybridized carbons (Fsp3) is 0.800. The molecule has 0 saturated heterocycles. The summed E-state index contributed by atoms with van der Waals surface area (Å²) < 4.78 is 10.2. The van der Waals surface area contributed by atoms with Crippen LogP contribution in [-0.4, -0.2) is 25.8 Å². The minimum Gasteiger partial charge on any atom is -0.356 e. The zero-order valence-corrected chi connectivity index (χ0v) is 10.3. The van der Waals surface area contributed by atoms with Gasteiger partial charge in [-0.25, -0.2) is 0 Å². The molecule has 1 atom stereocenters. The highest BCUT2D eigenvalue weighted by Crippen LogP contribution is 2.18. The van der Waals surface area contributed by atoms with Gasteiger partial charge in [-0.1, -0.05) is 35.0 Å². The van der Waals surface area contributed by atoms with Gasteiger partial charge >= 0.3 is 0 Å². The lowest BCUT2D eigenvalue weighted by Gasteiger charge is -2.18. The molecule has 0 rings (SSSR count). The van der Waals surface area contributed by atoms with Crippen molar-refractivity contribution >= 4 is 15.9 Å². The second-order valence-electron chi connectivity index (χ2n) is 3.33. The molecule has 78 valence electrons. The second-order valence-corrected chi connectivity index (χ2v) is 3.89. The Kier molecular flexibility index (Phi) is 7.62. The molecule has 0 spiro atoms. The summed E-state index contributed by atoms with van der Waals surface area (Å²) in [6, 6.07) is 0. The van der Waals surface area contributed by atoms with Crippen LogP contribution in [0, 0.1) is 5.92 Å². The first-order valence-corrected chi connectivity index (χ1v) is 5.54. The fourth-order valence-corrected chi connectivity index (χ4v) is 1.48. The number of allylic oxidation sites excluding steroid dienone is 1. The van der Waals surface area contributed by atoms with Crippen molar-refractivity contribution in [3.8, 4) is 0 Å². The maximum absolute atomic E-state index is 5.12. The van der Waals surface area contributed by atoms with Crippen molar-refractivity contribution in [2.75, 3.05) is 19.5 Å². The van der Waals surface area contributed by atoms with Crippen molar-refractivity contribution < 1.29 is 9.47 Å². The summed E-state index contributed by atoms with van der Waals surface area (Å²) >= 11 is 3.38. The highest BCUT2D eigenvalue weighted by Gasteiger charge is 2.11. The molecule has 0 amide bonds. The average molecular weight is 251 g/mol. The van der Waals surface area contributed by atoms with Crippen LogP contribution in [0.25, 0.3) is 0 Å². The van der Waals surface area contributed by atoms with E-state index in [0.29, 0.717) is 5.92 Å². The molecule has 0 radical (unpaired) electrons. The van der Waals surface area contributed by atoms with Gasteiger partial charge in [0.2, 0.25) is 0 Å².